The first-order valence-corrected chi connectivity index (χ1v) is 7.51. The van der Waals surface area contributed by atoms with E-state index < -0.39 is 0 Å². The lowest BCUT2D eigenvalue weighted by Crippen LogP contribution is -2.43. The van der Waals surface area contributed by atoms with Crippen molar-refractivity contribution in [2.45, 2.75) is 6.92 Å². The first-order valence-electron chi connectivity index (χ1n) is 5.81. The molecule has 1 fully saturated rings. The SMILES string of the molecule is Cc1nc(-c2cccs2)sc1N1CCNCC1. The van der Waals surface area contributed by atoms with Crippen LogP contribution in [0.3, 0.4) is 0 Å². The zero-order valence-corrected chi connectivity index (χ0v) is 11.4. The highest BCUT2D eigenvalue weighted by molar-refractivity contribution is 7.23. The third kappa shape index (κ3) is 2.22. The van der Waals surface area contributed by atoms with Gasteiger partial charge in [0.15, 0.2) is 0 Å². The molecule has 90 valence electrons. The van der Waals surface area contributed by atoms with E-state index in [4.69, 9.17) is 4.98 Å². The molecule has 1 N–H and O–H groups in total. The maximum absolute atomic E-state index is 4.70. The number of piperazine rings is 1. The zero-order valence-electron chi connectivity index (χ0n) is 9.77. The number of thiophene rings is 1. The molecule has 3 nitrogen and oxygen atoms in total. The van der Waals surface area contributed by atoms with Gasteiger partial charge in [-0.1, -0.05) is 17.4 Å². The molecule has 5 heteroatoms. The van der Waals surface area contributed by atoms with Crippen molar-refractivity contribution in [3.63, 3.8) is 0 Å². The second kappa shape index (κ2) is 4.76. The van der Waals surface area contributed by atoms with E-state index in [1.165, 1.54) is 15.6 Å². The molecule has 0 aromatic carbocycles. The number of rotatable bonds is 2. The van der Waals surface area contributed by atoms with Gasteiger partial charge in [-0.2, -0.15) is 0 Å². The number of nitrogens with one attached hydrogen (secondary N) is 1. The average molecular weight is 265 g/mol. The topological polar surface area (TPSA) is 28.2 Å². The smallest absolute Gasteiger partial charge is 0.135 e. The molecule has 2 aromatic heterocycles. The molecule has 1 aliphatic rings. The normalized spacial score (nSPS) is 16.4. The predicted molar refractivity (Wildman–Crippen MR) is 75.2 cm³/mol. The molecule has 1 aliphatic heterocycles. The summed E-state index contributed by atoms with van der Waals surface area (Å²) in [7, 11) is 0. The highest BCUT2D eigenvalue weighted by Crippen LogP contribution is 2.36. The van der Waals surface area contributed by atoms with Crippen LogP contribution in [0.1, 0.15) is 5.69 Å². The fourth-order valence-electron chi connectivity index (χ4n) is 2.06. The first-order chi connectivity index (χ1) is 8.34. The monoisotopic (exact) mass is 265 g/mol. The van der Waals surface area contributed by atoms with Crippen molar-refractivity contribution in [2.75, 3.05) is 31.1 Å². The van der Waals surface area contributed by atoms with Gasteiger partial charge in [-0.15, -0.1) is 11.3 Å². The van der Waals surface area contributed by atoms with Crippen molar-refractivity contribution in [2.24, 2.45) is 0 Å². The van der Waals surface area contributed by atoms with Crippen LogP contribution in [0.4, 0.5) is 5.00 Å². The molecule has 0 atom stereocenters. The fourth-order valence-corrected chi connectivity index (χ4v) is 3.97. The molecule has 0 amide bonds. The van der Waals surface area contributed by atoms with Gasteiger partial charge in [-0.05, 0) is 18.4 Å². The minimum Gasteiger partial charge on any atom is -0.359 e. The number of anilines is 1. The molecule has 0 bridgehead atoms. The Morgan fingerprint density at radius 2 is 2.18 bits per heavy atom. The summed E-state index contributed by atoms with van der Waals surface area (Å²) in [4.78, 5) is 8.42. The third-order valence-corrected chi connectivity index (χ3v) is 5.17. The number of hydrogen-bond acceptors (Lipinski definition) is 5. The molecule has 0 aliphatic carbocycles. The lowest BCUT2D eigenvalue weighted by Gasteiger charge is -2.28. The Bertz CT molecular complexity index is 484. The molecule has 2 aromatic rings. The number of thiazole rings is 1. The van der Waals surface area contributed by atoms with Crippen LogP contribution >= 0.6 is 22.7 Å². The molecular weight excluding hydrogens is 250 g/mol. The van der Waals surface area contributed by atoms with Crippen LogP contribution in [-0.4, -0.2) is 31.2 Å². The number of aromatic nitrogens is 1. The fraction of sp³-hybridized carbons (Fsp3) is 0.417. The Morgan fingerprint density at radius 1 is 1.35 bits per heavy atom. The van der Waals surface area contributed by atoms with E-state index in [2.05, 4.69) is 34.7 Å². The summed E-state index contributed by atoms with van der Waals surface area (Å²) in [6, 6.07) is 4.23. The van der Waals surface area contributed by atoms with Crippen molar-refractivity contribution in [1.82, 2.24) is 10.3 Å². The first kappa shape index (κ1) is 11.2. The van der Waals surface area contributed by atoms with E-state index in [-0.39, 0.29) is 0 Å². The minimum atomic E-state index is 1.08. The molecule has 0 unspecified atom stereocenters. The van der Waals surface area contributed by atoms with Gasteiger partial charge in [0.2, 0.25) is 0 Å². The maximum Gasteiger partial charge on any atom is 0.135 e. The van der Waals surface area contributed by atoms with Gasteiger partial charge in [0.25, 0.3) is 0 Å². The Hall–Kier alpha value is -0.910. The summed E-state index contributed by atoms with van der Waals surface area (Å²) < 4.78 is 0. The van der Waals surface area contributed by atoms with E-state index in [9.17, 15) is 0 Å². The summed E-state index contributed by atoms with van der Waals surface area (Å²) in [5.74, 6) is 0. The summed E-state index contributed by atoms with van der Waals surface area (Å²) >= 11 is 3.58. The quantitative estimate of drug-likeness (QED) is 0.904. The second-order valence-corrected chi connectivity index (χ2v) is 6.05. The Balaban J connectivity index is 1.90. The zero-order chi connectivity index (χ0) is 11.7. The molecular formula is C12H15N3S2. The maximum atomic E-state index is 4.70. The standard InChI is InChI=1S/C12H15N3S2/c1-9-12(15-6-4-13-5-7-15)17-11(14-9)10-3-2-8-16-10/h2-3,8,13H,4-7H2,1H3. The minimum absolute atomic E-state index is 1.08. The van der Waals surface area contributed by atoms with Gasteiger partial charge in [-0.3, -0.25) is 0 Å². The van der Waals surface area contributed by atoms with Gasteiger partial charge >= 0.3 is 0 Å². The van der Waals surface area contributed by atoms with Crippen LogP contribution < -0.4 is 10.2 Å². The van der Waals surface area contributed by atoms with E-state index in [0.717, 1.165) is 31.2 Å². The summed E-state index contributed by atoms with van der Waals surface area (Å²) in [5, 5.41) is 7.99. The Labute approximate surface area is 109 Å². The summed E-state index contributed by atoms with van der Waals surface area (Å²) in [6.07, 6.45) is 0. The van der Waals surface area contributed by atoms with Crippen LogP contribution in [-0.2, 0) is 0 Å². The van der Waals surface area contributed by atoms with Gasteiger partial charge in [0.1, 0.15) is 10.0 Å². The van der Waals surface area contributed by atoms with Crippen molar-refractivity contribution >= 4 is 27.7 Å². The van der Waals surface area contributed by atoms with Crippen molar-refractivity contribution in [3.05, 3.63) is 23.2 Å². The molecule has 0 spiro atoms. The summed E-state index contributed by atoms with van der Waals surface area (Å²) in [5.41, 5.74) is 1.17. The third-order valence-electron chi connectivity index (χ3n) is 2.91. The second-order valence-electron chi connectivity index (χ2n) is 4.12. The Morgan fingerprint density at radius 3 is 2.88 bits per heavy atom. The van der Waals surface area contributed by atoms with Gasteiger partial charge in [0, 0.05) is 26.2 Å². The molecule has 0 saturated carbocycles. The lowest BCUT2D eigenvalue weighted by molar-refractivity contribution is 0.591. The average Bonchev–Trinajstić information content (AvgIpc) is 2.99. The van der Waals surface area contributed by atoms with Crippen LogP contribution in [0.25, 0.3) is 9.88 Å². The molecule has 3 heterocycles. The van der Waals surface area contributed by atoms with Crippen LogP contribution in [0, 0.1) is 6.92 Å². The predicted octanol–water partition coefficient (Wildman–Crippen LogP) is 2.59. The summed E-state index contributed by atoms with van der Waals surface area (Å²) in [6.45, 7) is 6.45. The molecule has 3 rings (SSSR count). The van der Waals surface area contributed by atoms with E-state index in [0.29, 0.717) is 0 Å². The highest BCUT2D eigenvalue weighted by atomic mass is 32.1. The lowest BCUT2D eigenvalue weighted by atomic mass is 10.3. The molecule has 1 saturated heterocycles. The number of hydrogen-bond donors (Lipinski definition) is 1. The van der Waals surface area contributed by atoms with Gasteiger partial charge < -0.3 is 10.2 Å². The largest absolute Gasteiger partial charge is 0.359 e. The van der Waals surface area contributed by atoms with Gasteiger partial charge in [-0.25, -0.2) is 4.98 Å². The molecule has 0 radical (unpaired) electrons. The van der Waals surface area contributed by atoms with Crippen LogP contribution in [0.15, 0.2) is 17.5 Å². The van der Waals surface area contributed by atoms with Crippen molar-refractivity contribution in [1.29, 1.82) is 0 Å². The Kier molecular flexibility index (Phi) is 3.13. The molecule has 17 heavy (non-hydrogen) atoms. The van der Waals surface area contributed by atoms with Crippen LogP contribution in [0.2, 0.25) is 0 Å². The van der Waals surface area contributed by atoms with E-state index >= 15 is 0 Å². The number of nitrogens with zero attached hydrogens (tertiary/aromatic N) is 2. The number of aryl methyl sites for hydroxylation is 1. The van der Waals surface area contributed by atoms with Gasteiger partial charge in [0.05, 0.1) is 10.6 Å². The van der Waals surface area contributed by atoms with Crippen molar-refractivity contribution < 1.29 is 0 Å². The van der Waals surface area contributed by atoms with Crippen molar-refractivity contribution in [3.8, 4) is 9.88 Å². The van der Waals surface area contributed by atoms with E-state index in [1.807, 2.05) is 11.3 Å². The highest BCUT2D eigenvalue weighted by Gasteiger charge is 2.17. The van der Waals surface area contributed by atoms with Crippen LogP contribution in [0.5, 0.6) is 0 Å². The van der Waals surface area contributed by atoms with E-state index in [1.54, 1.807) is 11.3 Å².